The molecule has 0 aromatic heterocycles. The Hall–Kier alpha value is -1.85. The van der Waals surface area contributed by atoms with Crippen molar-refractivity contribution in [1.29, 1.82) is 0 Å². The maximum Gasteiger partial charge on any atom is 0.329 e. The van der Waals surface area contributed by atoms with E-state index in [2.05, 4.69) is 11.3 Å². The molecule has 0 saturated heterocycles. The second-order valence-corrected chi connectivity index (χ2v) is 3.24. The van der Waals surface area contributed by atoms with E-state index in [1.165, 1.54) is 7.11 Å². The van der Waals surface area contributed by atoms with Crippen LogP contribution in [0.4, 0.5) is 0 Å². The number of carbonyl (C=O) groups excluding carboxylic acids is 1. The number of esters is 1. The minimum Gasteiger partial charge on any atom is -0.466 e. The first kappa shape index (κ1) is 16.1. The van der Waals surface area contributed by atoms with Crippen LogP contribution in [-0.4, -0.2) is 29.3 Å². The molecule has 0 saturated carbocycles. The second-order valence-electron chi connectivity index (χ2n) is 3.24. The van der Waals surface area contributed by atoms with Crippen LogP contribution in [-0.2, 0) is 9.53 Å². The summed E-state index contributed by atoms with van der Waals surface area (Å²) < 4.78 is 9.00. The minimum absolute atomic E-state index is 0.127. The summed E-state index contributed by atoms with van der Waals surface area (Å²) >= 11 is 0. The Kier molecular flexibility index (Phi) is 7.42. The van der Waals surface area contributed by atoms with Crippen molar-refractivity contribution in [1.82, 2.24) is 0 Å². The van der Waals surface area contributed by atoms with Crippen LogP contribution in [0.3, 0.4) is 0 Å². The number of rotatable bonds is 4. The number of para-hydroxylation sites is 1. The fourth-order valence-electron chi connectivity index (χ4n) is 0.833. The predicted octanol–water partition coefficient (Wildman–Crippen LogP) is 1.46. The van der Waals surface area contributed by atoms with Gasteiger partial charge in [-0.25, -0.2) is 4.79 Å². The first-order valence-corrected chi connectivity index (χ1v) is 5.34. The summed E-state index contributed by atoms with van der Waals surface area (Å²) in [5, 5.41) is 18.2. The number of hydrogen-bond donors (Lipinski definition) is 2. The van der Waals surface area contributed by atoms with Crippen LogP contribution in [0.2, 0.25) is 0 Å². The molecule has 0 aliphatic heterocycles. The molecule has 18 heavy (non-hydrogen) atoms. The zero-order valence-corrected chi connectivity index (χ0v) is 10.5. The maximum atomic E-state index is 9.84. The number of carbonyl (C=O) groups is 1. The third-order valence-electron chi connectivity index (χ3n) is 1.85. The SMILES string of the molecule is C=CC(=O)OC.CCC(O)(O)Oc1ccccc1. The zero-order valence-electron chi connectivity index (χ0n) is 10.5. The molecule has 1 aromatic rings. The Bertz CT molecular complexity index is 359. The highest BCUT2D eigenvalue weighted by molar-refractivity contribution is 5.80. The van der Waals surface area contributed by atoms with Crippen LogP contribution < -0.4 is 4.74 Å². The topological polar surface area (TPSA) is 76.0 Å². The van der Waals surface area contributed by atoms with E-state index in [-0.39, 0.29) is 6.42 Å². The highest BCUT2D eigenvalue weighted by atomic mass is 16.8. The quantitative estimate of drug-likeness (QED) is 0.483. The lowest BCUT2D eigenvalue weighted by atomic mass is 10.3. The van der Waals surface area contributed by atoms with Crippen LogP contribution in [0.5, 0.6) is 5.75 Å². The number of aliphatic hydroxyl groups is 2. The molecule has 0 spiro atoms. The molecule has 0 bridgehead atoms. The third kappa shape index (κ3) is 7.43. The Balaban J connectivity index is 0.000000411. The monoisotopic (exact) mass is 254 g/mol. The van der Waals surface area contributed by atoms with Crippen molar-refractivity contribution >= 4 is 5.97 Å². The zero-order chi connectivity index (χ0) is 14.0. The van der Waals surface area contributed by atoms with Gasteiger partial charge in [0.25, 0.3) is 0 Å². The van der Waals surface area contributed by atoms with E-state index in [0.717, 1.165) is 6.08 Å². The summed E-state index contributed by atoms with van der Waals surface area (Å²) in [6, 6.07) is 8.69. The summed E-state index contributed by atoms with van der Waals surface area (Å²) in [6.07, 6.45) is 1.24. The van der Waals surface area contributed by atoms with E-state index in [4.69, 9.17) is 14.9 Å². The molecule has 0 fully saturated rings. The number of methoxy groups -OCH3 is 1. The van der Waals surface area contributed by atoms with Gasteiger partial charge >= 0.3 is 11.9 Å². The Morgan fingerprint density at radius 1 is 1.39 bits per heavy atom. The lowest BCUT2D eigenvalue weighted by Crippen LogP contribution is -2.34. The lowest BCUT2D eigenvalue weighted by Gasteiger charge is -2.20. The van der Waals surface area contributed by atoms with E-state index in [0.29, 0.717) is 5.75 Å². The third-order valence-corrected chi connectivity index (χ3v) is 1.85. The van der Waals surface area contributed by atoms with Crippen LogP contribution >= 0.6 is 0 Å². The fourth-order valence-corrected chi connectivity index (χ4v) is 0.833. The molecule has 1 aromatic carbocycles. The summed E-state index contributed by atoms with van der Waals surface area (Å²) in [5.41, 5.74) is 0. The Morgan fingerprint density at radius 2 is 1.94 bits per heavy atom. The van der Waals surface area contributed by atoms with Crippen molar-refractivity contribution < 1.29 is 24.5 Å². The molecule has 0 unspecified atom stereocenters. The van der Waals surface area contributed by atoms with Crippen molar-refractivity contribution in [3.8, 4) is 5.75 Å². The summed E-state index contributed by atoms with van der Waals surface area (Å²) in [7, 11) is 1.31. The van der Waals surface area contributed by atoms with Gasteiger partial charge in [0.2, 0.25) is 0 Å². The molecular formula is C13H18O5. The average Bonchev–Trinajstić information content (AvgIpc) is 2.39. The predicted molar refractivity (Wildman–Crippen MR) is 66.7 cm³/mol. The van der Waals surface area contributed by atoms with Gasteiger partial charge in [-0.05, 0) is 12.1 Å². The second kappa shape index (κ2) is 8.27. The average molecular weight is 254 g/mol. The van der Waals surface area contributed by atoms with Gasteiger partial charge in [-0.2, -0.15) is 0 Å². The Morgan fingerprint density at radius 3 is 2.28 bits per heavy atom. The molecule has 0 heterocycles. The van der Waals surface area contributed by atoms with Crippen molar-refractivity contribution in [3.05, 3.63) is 43.0 Å². The first-order chi connectivity index (χ1) is 8.45. The molecule has 0 radical (unpaired) electrons. The minimum atomic E-state index is -2.05. The van der Waals surface area contributed by atoms with Crippen molar-refractivity contribution in [2.75, 3.05) is 7.11 Å². The van der Waals surface area contributed by atoms with Gasteiger partial charge in [-0.1, -0.05) is 31.7 Å². The van der Waals surface area contributed by atoms with E-state index in [1.54, 1.807) is 31.2 Å². The largest absolute Gasteiger partial charge is 0.466 e. The molecule has 5 nitrogen and oxygen atoms in total. The molecular weight excluding hydrogens is 236 g/mol. The van der Waals surface area contributed by atoms with Gasteiger partial charge in [0.15, 0.2) is 0 Å². The standard InChI is InChI=1S/C9H12O3.C4H6O2/c1-2-9(10,11)12-8-6-4-3-5-7-8;1-3-4(5)6-2/h3-7,10-11H,2H2,1H3;3H,1H2,2H3. The smallest absolute Gasteiger partial charge is 0.329 e. The van der Waals surface area contributed by atoms with Gasteiger partial charge in [-0.3, -0.25) is 0 Å². The number of hydrogen-bond acceptors (Lipinski definition) is 5. The molecule has 0 atom stereocenters. The van der Waals surface area contributed by atoms with Crippen LogP contribution in [0.25, 0.3) is 0 Å². The van der Waals surface area contributed by atoms with Crippen LogP contribution in [0.1, 0.15) is 13.3 Å². The van der Waals surface area contributed by atoms with E-state index in [1.807, 2.05) is 6.07 Å². The molecule has 5 heteroatoms. The fraction of sp³-hybridized carbons (Fsp3) is 0.308. The summed E-state index contributed by atoms with van der Waals surface area (Å²) in [5.74, 6) is -2.00. The Labute approximate surface area is 106 Å². The highest BCUT2D eigenvalue weighted by Crippen LogP contribution is 2.15. The summed E-state index contributed by atoms with van der Waals surface area (Å²) in [4.78, 5) is 9.84. The van der Waals surface area contributed by atoms with Gasteiger partial charge in [0.1, 0.15) is 5.75 Å². The molecule has 0 amide bonds. The first-order valence-electron chi connectivity index (χ1n) is 5.34. The molecule has 0 aliphatic carbocycles. The van der Waals surface area contributed by atoms with Gasteiger partial charge in [-0.15, -0.1) is 0 Å². The molecule has 2 N–H and O–H groups in total. The van der Waals surface area contributed by atoms with Gasteiger partial charge in [0.05, 0.1) is 7.11 Å². The maximum absolute atomic E-state index is 9.84. The van der Waals surface area contributed by atoms with Gasteiger partial charge in [0, 0.05) is 12.5 Å². The molecule has 1 rings (SSSR count). The van der Waals surface area contributed by atoms with E-state index in [9.17, 15) is 4.79 Å². The summed E-state index contributed by atoms with van der Waals surface area (Å²) in [6.45, 7) is 4.78. The number of benzene rings is 1. The molecule has 0 aliphatic rings. The normalized spacial score (nSPS) is 9.78. The van der Waals surface area contributed by atoms with Gasteiger partial charge < -0.3 is 19.7 Å². The van der Waals surface area contributed by atoms with Crippen LogP contribution in [0.15, 0.2) is 43.0 Å². The highest BCUT2D eigenvalue weighted by Gasteiger charge is 2.21. The lowest BCUT2D eigenvalue weighted by molar-refractivity contribution is -0.292. The van der Waals surface area contributed by atoms with Crippen LogP contribution in [0, 0.1) is 0 Å². The van der Waals surface area contributed by atoms with Crippen molar-refractivity contribution in [2.24, 2.45) is 0 Å². The van der Waals surface area contributed by atoms with Crippen molar-refractivity contribution in [3.63, 3.8) is 0 Å². The number of ether oxygens (including phenoxy) is 2. The van der Waals surface area contributed by atoms with E-state index < -0.39 is 11.9 Å². The van der Waals surface area contributed by atoms with E-state index >= 15 is 0 Å². The van der Waals surface area contributed by atoms with Crippen molar-refractivity contribution in [2.45, 2.75) is 19.3 Å². The molecule has 100 valence electrons.